The molecule has 0 aliphatic rings. The lowest BCUT2D eigenvalue weighted by Gasteiger charge is -2.04. The van der Waals surface area contributed by atoms with Crippen LogP contribution in [0.15, 0.2) is 47.2 Å². The van der Waals surface area contributed by atoms with Gasteiger partial charge in [-0.05, 0) is 32.1 Å². The Kier molecular flexibility index (Phi) is 4.15. The molecule has 3 aromatic heterocycles. The molecule has 0 fully saturated rings. The first-order valence-electron chi connectivity index (χ1n) is 8.50. The SMILES string of the molecule is Cc1ccc(-c2nnn(CC(=O)c3cc(C)n(-c4ccon4)c3C)n2)cc1. The quantitative estimate of drug-likeness (QED) is 0.507. The van der Waals surface area contributed by atoms with E-state index in [0.29, 0.717) is 17.2 Å². The zero-order chi connectivity index (χ0) is 19.0. The Labute approximate surface area is 155 Å². The number of Topliss-reactive ketones (excluding diaryl/α,β-unsaturated/α-hetero) is 1. The van der Waals surface area contributed by atoms with Gasteiger partial charge >= 0.3 is 0 Å². The normalized spacial score (nSPS) is 11.1. The molecule has 0 radical (unpaired) electrons. The van der Waals surface area contributed by atoms with E-state index >= 15 is 0 Å². The molecular formula is C19H18N6O2. The number of hydrogen-bond acceptors (Lipinski definition) is 6. The van der Waals surface area contributed by atoms with Crippen LogP contribution < -0.4 is 0 Å². The van der Waals surface area contributed by atoms with Crippen LogP contribution in [-0.4, -0.2) is 35.7 Å². The number of carbonyl (C=O) groups is 1. The zero-order valence-corrected chi connectivity index (χ0v) is 15.2. The number of tetrazole rings is 1. The highest BCUT2D eigenvalue weighted by atomic mass is 16.5. The molecule has 0 N–H and O–H groups in total. The summed E-state index contributed by atoms with van der Waals surface area (Å²) in [6.07, 6.45) is 1.50. The summed E-state index contributed by atoms with van der Waals surface area (Å²) in [5.41, 5.74) is 4.32. The van der Waals surface area contributed by atoms with E-state index in [9.17, 15) is 4.79 Å². The minimum atomic E-state index is -0.0919. The van der Waals surface area contributed by atoms with Gasteiger partial charge in [0.25, 0.3) is 0 Å². The Balaban J connectivity index is 1.57. The van der Waals surface area contributed by atoms with Gasteiger partial charge < -0.3 is 4.52 Å². The molecule has 4 rings (SSSR count). The van der Waals surface area contributed by atoms with Crippen molar-refractivity contribution in [3.63, 3.8) is 0 Å². The predicted octanol–water partition coefficient (Wildman–Crippen LogP) is 2.93. The standard InChI is InChI=1S/C19H18N6O2/c1-12-4-6-15(7-5-12)19-20-23-24(21-19)11-17(26)16-10-13(2)25(14(16)3)18-8-9-27-22-18/h4-10H,11H2,1-3H3. The summed E-state index contributed by atoms with van der Waals surface area (Å²) in [6.45, 7) is 5.83. The number of aryl methyl sites for hydroxylation is 2. The summed E-state index contributed by atoms with van der Waals surface area (Å²) in [5.74, 6) is 1.05. The summed E-state index contributed by atoms with van der Waals surface area (Å²) >= 11 is 0. The van der Waals surface area contributed by atoms with Gasteiger partial charge in [-0.15, -0.1) is 10.2 Å². The number of aromatic nitrogens is 6. The zero-order valence-electron chi connectivity index (χ0n) is 15.2. The first kappa shape index (κ1) is 16.9. The fourth-order valence-corrected chi connectivity index (χ4v) is 3.06. The number of rotatable bonds is 5. The summed E-state index contributed by atoms with van der Waals surface area (Å²) in [7, 11) is 0. The minimum Gasteiger partial charge on any atom is -0.363 e. The van der Waals surface area contributed by atoms with E-state index in [1.54, 1.807) is 6.07 Å². The van der Waals surface area contributed by atoms with Crippen molar-refractivity contribution in [2.75, 3.05) is 0 Å². The van der Waals surface area contributed by atoms with E-state index in [1.165, 1.54) is 11.1 Å². The van der Waals surface area contributed by atoms with Crippen LogP contribution in [0.25, 0.3) is 17.2 Å². The molecule has 4 aromatic rings. The van der Waals surface area contributed by atoms with Gasteiger partial charge in [0, 0.05) is 28.6 Å². The molecule has 0 spiro atoms. The molecule has 0 aliphatic carbocycles. The number of carbonyl (C=O) groups excluding carboxylic acids is 1. The summed E-state index contributed by atoms with van der Waals surface area (Å²) in [4.78, 5) is 14.1. The van der Waals surface area contributed by atoms with Gasteiger partial charge in [-0.1, -0.05) is 35.0 Å². The molecule has 3 heterocycles. The number of ketones is 1. The van der Waals surface area contributed by atoms with Crippen molar-refractivity contribution in [1.82, 2.24) is 29.9 Å². The van der Waals surface area contributed by atoms with E-state index in [1.807, 2.05) is 55.7 Å². The van der Waals surface area contributed by atoms with Gasteiger partial charge in [-0.2, -0.15) is 4.80 Å². The van der Waals surface area contributed by atoms with Crippen LogP contribution in [0.2, 0.25) is 0 Å². The second-order valence-electron chi connectivity index (χ2n) is 6.41. The van der Waals surface area contributed by atoms with Crippen LogP contribution in [0.5, 0.6) is 0 Å². The van der Waals surface area contributed by atoms with E-state index in [2.05, 4.69) is 20.6 Å². The largest absolute Gasteiger partial charge is 0.363 e. The van der Waals surface area contributed by atoms with E-state index < -0.39 is 0 Å². The molecule has 0 amide bonds. The maximum absolute atomic E-state index is 12.8. The summed E-state index contributed by atoms with van der Waals surface area (Å²) in [6, 6.07) is 11.4. The highest BCUT2D eigenvalue weighted by molar-refractivity contribution is 5.97. The van der Waals surface area contributed by atoms with Crippen LogP contribution in [0.1, 0.15) is 27.3 Å². The monoisotopic (exact) mass is 362 g/mol. The molecule has 136 valence electrons. The van der Waals surface area contributed by atoms with Gasteiger partial charge in [0.1, 0.15) is 12.8 Å². The van der Waals surface area contributed by atoms with Crippen LogP contribution >= 0.6 is 0 Å². The molecule has 8 heteroatoms. The lowest BCUT2D eigenvalue weighted by atomic mass is 10.1. The van der Waals surface area contributed by atoms with Crippen molar-refractivity contribution in [2.24, 2.45) is 0 Å². The first-order chi connectivity index (χ1) is 13.0. The third kappa shape index (κ3) is 3.17. The maximum Gasteiger partial charge on any atom is 0.204 e. The van der Waals surface area contributed by atoms with E-state index in [4.69, 9.17) is 4.52 Å². The molecule has 0 unspecified atom stereocenters. The number of benzene rings is 1. The van der Waals surface area contributed by atoms with Crippen LogP contribution in [0, 0.1) is 20.8 Å². The van der Waals surface area contributed by atoms with Crippen molar-refractivity contribution in [1.29, 1.82) is 0 Å². The van der Waals surface area contributed by atoms with Gasteiger partial charge in [-0.25, -0.2) is 0 Å². The van der Waals surface area contributed by atoms with E-state index in [0.717, 1.165) is 22.5 Å². The van der Waals surface area contributed by atoms with Crippen molar-refractivity contribution in [3.05, 3.63) is 65.2 Å². The number of nitrogens with zero attached hydrogens (tertiary/aromatic N) is 6. The molecule has 27 heavy (non-hydrogen) atoms. The maximum atomic E-state index is 12.8. The molecule has 0 saturated carbocycles. The molecule has 1 aromatic carbocycles. The average molecular weight is 362 g/mol. The van der Waals surface area contributed by atoms with Gasteiger partial charge in [0.15, 0.2) is 11.6 Å². The molecular weight excluding hydrogens is 344 g/mol. The van der Waals surface area contributed by atoms with Crippen LogP contribution in [0.3, 0.4) is 0 Å². The Hall–Kier alpha value is -3.55. The van der Waals surface area contributed by atoms with Crippen LogP contribution in [0.4, 0.5) is 0 Å². The van der Waals surface area contributed by atoms with Crippen LogP contribution in [-0.2, 0) is 6.54 Å². The van der Waals surface area contributed by atoms with Crippen molar-refractivity contribution in [3.8, 4) is 17.2 Å². The fourth-order valence-electron chi connectivity index (χ4n) is 3.06. The van der Waals surface area contributed by atoms with Crippen molar-refractivity contribution in [2.45, 2.75) is 27.3 Å². The second-order valence-corrected chi connectivity index (χ2v) is 6.41. The molecule has 0 bridgehead atoms. The lowest BCUT2D eigenvalue weighted by Crippen LogP contribution is -2.14. The first-order valence-corrected chi connectivity index (χ1v) is 8.50. The average Bonchev–Trinajstić information content (AvgIpc) is 3.37. The van der Waals surface area contributed by atoms with Gasteiger partial charge in [0.05, 0.1) is 0 Å². The van der Waals surface area contributed by atoms with Crippen molar-refractivity contribution >= 4 is 5.78 Å². The Bertz CT molecular complexity index is 1090. The topological polar surface area (TPSA) is 91.6 Å². The molecule has 0 atom stereocenters. The van der Waals surface area contributed by atoms with Gasteiger partial charge in [0.2, 0.25) is 5.82 Å². The Morgan fingerprint density at radius 1 is 1.11 bits per heavy atom. The Morgan fingerprint density at radius 2 is 1.89 bits per heavy atom. The molecule has 0 aliphatic heterocycles. The predicted molar refractivity (Wildman–Crippen MR) is 97.6 cm³/mol. The summed E-state index contributed by atoms with van der Waals surface area (Å²) < 4.78 is 6.79. The second kappa shape index (κ2) is 6.64. The molecule has 0 saturated heterocycles. The van der Waals surface area contributed by atoms with Gasteiger partial charge in [-0.3, -0.25) is 9.36 Å². The Morgan fingerprint density at radius 3 is 2.59 bits per heavy atom. The fraction of sp³-hybridized carbons (Fsp3) is 0.211. The highest BCUT2D eigenvalue weighted by Gasteiger charge is 2.19. The lowest BCUT2D eigenvalue weighted by molar-refractivity contribution is 0.0961. The molecule has 8 nitrogen and oxygen atoms in total. The highest BCUT2D eigenvalue weighted by Crippen LogP contribution is 2.20. The number of hydrogen-bond donors (Lipinski definition) is 0. The van der Waals surface area contributed by atoms with Crippen molar-refractivity contribution < 1.29 is 9.32 Å². The smallest absolute Gasteiger partial charge is 0.204 e. The third-order valence-corrected chi connectivity index (χ3v) is 4.43. The third-order valence-electron chi connectivity index (χ3n) is 4.43. The summed E-state index contributed by atoms with van der Waals surface area (Å²) in [5, 5.41) is 16.3. The minimum absolute atomic E-state index is 0.0158. The van der Waals surface area contributed by atoms with E-state index in [-0.39, 0.29) is 12.3 Å².